The molecule has 0 amide bonds. The third kappa shape index (κ3) is 1.40. The van der Waals surface area contributed by atoms with E-state index < -0.39 is 0 Å². The maximum Gasteiger partial charge on any atom is 0.101 e. The lowest BCUT2D eigenvalue weighted by Crippen LogP contribution is -2.19. The van der Waals surface area contributed by atoms with Gasteiger partial charge in [-0.2, -0.15) is 0 Å². The fourth-order valence-corrected chi connectivity index (χ4v) is 2.90. The molecule has 0 spiro atoms. The minimum absolute atomic E-state index is 0.281. The molecule has 2 rings (SSSR count). The molecular weight excluding hydrogens is 180 g/mol. The molecule has 0 bridgehead atoms. The molecule has 3 heteroatoms. The van der Waals surface area contributed by atoms with Crippen LogP contribution in [0.3, 0.4) is 0 Å². The number of rotatable bonds is 3. The number of nitrogens with two attached hydrogens (primary N) is 1. The molecule has 1 aromatic heterocycles. The highest BCUT2D eigenvalue weighted by molar-refractivity contribution is 7.11. The van der Waals surface area contributed by atoms with E-state index in [0.29, 0.717) is 0 Å². The van der Waals surface area contributed by atoms with Gasteiger partial charge >= 0.3 is 0 Å². The SMILES string of the molecule is CCc1nc(C2(CN)CC2)sc1C. The van der Waals surface area contributed by atoms with E-state index in [9.17, 15) is 0 Å². The molecule has 1 saturated carbocycles. The normalized spacial score (nSPS) is 19.0. The monoisotopic (exact) mass is 196 g/mol. The van der Waals surface area contributed by atoms with Crippen molar-refractivity contribution < 1.29 is 0 Å². The predicted molar refractivity (Wildman–Crippen MR) is 56.2 cm³/mol. The van der Waals surface area contributed by atoms with Crippen molar-refractivity contribution in [2.75, 3.05) is 6.54 Å². The molecule has 0 aromatic carbocycles. The molecule has 2 N–H and O–H groups in total. The molecule has 1 aliphatic carbocycles. The van der Waals surface area contributed by atoms with E-state index in [2.05, 4.69) is 18.8 Å². The zero-order valence-corrected chi connectivity index (χ0v) is 9.08. The second kappa shape index (κ2) is 3.07. The van der Waals surface area contributed by atoms with Gasteiger partial charge in [0.2, 0.25) is 0 Å². The van der Waals surface area contributed by atoms with Crippen molar-refractivity contribution >= 4 is 11.3 Å². The van der Waals surface area contributed by atoms with Crippen LogP contribution in [0.15, 0.2) is 0 Å². The van der Waals surface area contributed by atoms with Crippen molar-refractivity contribution in [3.8, 4) is 0 Å². The first-order valence-corrected chi connectivity index (χ1v) is 5.70. The van der Waals surface area contributed by atoms with Gasteiger partial charge in [-0.1, -0.05) is 6.92 Å². The molecule has 13 heavy (non-hydrogen) atoms. The number of hydrogen-bond acceptors (Lipinski definition) is 3. The number of aryl methyl sites for hydroxylation is 2. The van der Waals surface area contributed by atoms with Crippen LogP contribution in [0.1, 0.15) is 35.3 Å². The first-order chi connectivity index (χ1) is 6.22. The number of aromatic nitrogens is 1. The fraction of sp³-hybridized carbons (Fsp3) is 0.700. The summed E-state index contributed by atoms with van der Waals surface area (Å²) in [5.41, 5.74) is 7.31. The molecule has 0 radical (unpaired) electrons. The van der Waals surface area contributed by atoms with Gasteiger partial charge in [0, 0.05) is 16.8 Å². The second-order valence-electron chi connectivity index (χ2n) is 3.86. The Labute approximate surface area is 83.2 Å². The summed E-state index contributed by atoms with van der Waals surface area (Å²) in [5, 5.41) is 1.28. The molecule has 0 atom stereocenters. The largest absolute Gasteiger partial charge is 0.329 e. The summed E-state index contributed by atoms with van der Waals surface area (Å²) in [7, 11) is 0. The van der Waals surface area contributed by atoms with Crippen molar-refractivity contribution in [1.82, 2.24) is 4.98 Å². The van der Waals surface area contributed by atoms with Crippen molar-refractivity contribution in [3.63, 3.8) is 0 Å². The van der Waals surface area contributed by atoms with Gasteiger partial charge in [0.1, 0.15) is 5.01 Å². The highest BCUT2D eigenvalue weighted by Gasteiger charge is 2.45. The van der Waals surface area contributed by atoms with Gasteiger partial charge in [0.05, 0.1) is 5.69 Å². The van der Waals surface area contributed by atoms with Crippen LogP contribution in [0, 0.1) is 6.92 Å². The van der Waals surface area contributed by atoms with E-state index >= 15 is 0 Å². The molecule has 0 unspecified atom stereocenters. The summed E-state index contributed by atoms with van der Waals surface area (Å²) < 4.78 is 0. The van der Waals surface area contributed by atoms with Gasteiger partial charge in [0.25, 0.3) is 0 Å². The van der Waals surface area contributed by atoms with Gasteiger partial charge in [-0.15, -0.1) is 11.3 Å². The van der Waals surface area contributed by atoms with Gasteiger partial charge in [0.15, 0.2) is 0 Å². The van der Waals surface area contributed by atoms with E-state index in [-0.39, 0.29) is 5.41 Å². The zero-order valence-electron chi connectivity index (χ0n) is 8.26. The number of thiazole rings is 1. The molecule has 72 valence electrons. The van der Waals surface area contributed by atoms with E-state index in [1.165, 1.54) is 28.4 Å². The van der Waals surface area contributed by atoms with E-state index in [0.717, 1.165) is 13.0 Å². The van der Waals surface area contributed by atoms with Crippen molar-refractivity contribution in [1.29, 1.82) is 0 Å². The van der Waals surface area contributed by atoms with Crippen LogP contribution in [0.2, 0.25) is 0 Å². The molecule has 2 nitrogen and oxygen atoms in total. The molecule has 1 aliphatic rings. The Bertz CT molecular complexity index is 313. The second-order valence-corrected chi connectivity index (χ2v) is 5.06. The molecule has 0 aliphatic heterocycles. The molecule has 1 heterocycles. The van der Waals surface area contributed by atoms with Crippen LogP contribution < -0.4 is 5.73 Å². The van der Waals surface area contributed by atoms with Crippen molar-refractivity contribution in [3.05, 3.63) is 15.6 Å². The highest BCUT2D eigenvalue weighted by Crippen LogP contribution is 2.48. The quantitative estimate of drug-likeness (QED) is 0.803. The zero-order chi connectivity index (χ0) is 9.47. The summed E-state index contributed by atoms with van der Waals surface area (Å²) >= 11 is 1.84. The lowest BCUT2D eigenvalue weighted by atomic mass is 10.1. The maximum absolute atomic E-state index is 5.77. The summed E-state index contributed by atoms with van der Waals surface area (Å²) in [6.45, 7) is 5.09. The van der Waals surface area contributed by atoms with Gasteiger partial charge in [-0.05, 0) is 26.2 Å². The smallest absolute Gasteiger partial charge is 0.101 e. The average molecular weight is 196 g/mol. The minimum atomic E-state index is 0.281. The Morgan fingerprint density at radius 2 is 2.23 bits per heavy atom. The van der Waals surface area contributed by atoms with Crippen molar-refractivity contribution in [2.45, 2.75) is 38.5 Å². The van der Waals surface area contributed by atoms with Crippen LogP contribution in [0.5, 0.6) is 0 Å². The maximum atomic E-state index is 5.77. The Morgan fingerprint density at radius 3 is 2.62 bits per heavy atom. The number of hydrogen-bond donors (Lipinski definition) is 1. The van der Waals surface area contributed by atoms with E-state index in [1.807, 2.05) is 11.3 Å². The predicted octanol–water partition coefficient (Wildman–Crippen LogP) is 2.00. The third-order valence-electron chi connectivity index (χ3n) is 2.93. The average Bonchev–Trinajstić information content (AvgIpc) is 2.85. The first kappa shape index (κ1) is 9.16. The standard InChI is InChI=1S/C10H16N2S/c1-3-8-7(2)13-9(12-8)10(6-11)4-5-10/h3-6,11H2,1-2H3. The molecule has 1 fully saturated rings. The van der Waals surface area contributed by atoms with Gasteiger partial charge in [-0.25, -0.2) is 4.98 Å². The summed E-state index contributed by atoms with van der Waals surface area (Å²) in [6, 6.07) is 0. The van der Waals surface area contributed by atoms with Crippen LogP contribution in [-0.2, 0) is 11.8 Å². The lowest BCUT2D eigenvalue weighted by Gasteiger charge is -2.06. The first-order valence-electron chi connectivity index (χ1n) is 4.89. The summed E-state index contributed by atoms with van der Waals surface area (Å²) in [5.74, 6) is 0. The summed E-state index contributed by atoms with van der Waals surface area (Å²) in [4.78, 5) is 6.04. The van der Waals surface area contributed by atoms with Crippen LogP contribution in [0.25, 0.3) is 0 Å². The highest BCUT2D eigenvalue weighted by atomic mass is 32.1. The third-order valence-corrected chi connectivity index (χ3v) is 4.18. The van der Waals surface area contributed by atoms with Gasteiger partial charge < -0.3 is 5.73 Å². The Morgan fingerprint density at radius 1 is 1.54 bits per heavy atom. The Kier molecular flexibility index (Phi) is 2.16. The van der Waals surface area contributed by atoms with Gasteiger partial charge in [-0.3, -0.25) is 0 Å². The molecular formula is C10H16N2S. The van der Waals surface area contributed by atoms with Crippen LogP contribution >= 0.6 is 11.3 Å². The van der Waals surface area contributed by atoms with Crippen molar-refractivity contribution in [2.24, 2.45) is 5.73 Å². The Hall–Kier alpha value is -0.410. The van der Waals surface area contributed by atoms with E-state index in [1.54, 1.807) is 0 Å². The van der Waals surface area contributed by atoms with Crippen LogP contribution in [0.4, 0.5) is 0 Å². The lowest BCUT2D eigenvalue weighted by molar-refractivity contribution is 0.694. The fourth-order valence-electron chi connectivity index (χ4n) is 1.64. The van der Waals surface area contributed by atoms with E-state index in [4.69, 9.17) is 5.73 Å². The molecule has 1 aromatic rings. The summed E-state index contributed by atoms with van der Waals surface area (Å²) in [6.07, 6.45) is 3.52. The Balaban J connectivity index is 2.31. The molecule has 0 saturated heterocycles. The number of nitrogens with zero attached hydrogens (tertiary/aromatic N) is 1. The minimum Gasteiger partial charge on any atom is -0.329 e. The topological polar surface area (TPSA) is 38.9 Å². The van der Waals surface area contributed by atoms with Crippen LogP contribution in [-0.4, -0.2) is 11.5 Å².